The van der Waals surface area contributed by atoms with Crippen LogP contribution in [-0.2, 0) is 5.75 Å². The minimum Gasteiger partial charge on any atom is -0.508 e. The molecule has 1 aromatic carbocycles. The molecule has 3 nitrogen and oxygen atoms in total. The third kappa shape index (κ3) is 3.00. The number of thiophene rings is 1. The lowest BCUT2D eigenvalue weighted by atomic mass is 10.3. The first-order valence-corrected chi connectivity index (χ1v) is 7.59. The second-order valence-electron chi connectivity index (χ2n) is 3.95. The van der Waals surface area contributed by atoms with Crippen LogP contribution in [0.1, 0.15) is 5.69 Å². The zero-order valence-electron chi connectivity index (χ0n) is 9.95. The molecular formula is C14H11NO2S2. The molecule has 0 radical (unpaired) electrons. The molecule has 0 atom stereocenters. The molecule has 0 amide bonds. The van der Waals surface area contributed by atoms with Gasteiger partial charge in [0.1, 0.15) is 5.75 Å². The van der Waals surface area contributed by atoms with Gasteiger partial charge in [0.05, 0.1) is 10.6 Å². The van der Waals surface area contributed by atoms with Crippen molar-refractivity contribution in [2.75, 3.05) is 0 Å². The quantitative estimate of drug-likeness (QED) is 0.723. The lowest BCUT2D eigenvalue weighted by Crippen LogP contribution is -1.79. The largest absolute Gasteiger partial charge is 0.508 e. The third-order valence-electron chi connectivity index (χ3n) is 2.53. The zero-order valence-corrected chi connectivity index (χ0v) is 11.6. The van der Waals surface area contributed by atoms with E-state index in [2.05, 4.69) is 5.16 Å². The monoisotopic (exact) mass is 289 g/mol. The standard InChI is InChI=1S/C14H11NO2S2/c16-11-3-1-4-12(8-11)19-9-10-7-13(17-15-10)14-5-2-6-18-14/h1-8,16H,9H2. The molecule has 0 aliphatic heterocycles. The lowest BCUT2D eigenvalue weighted by molar-refractivity contribution is 0.427. The van der Waals surface area contributed by atoms with E-state index in [0.717, 1.165) is 27.0 Å². The molecule has 0 spiro atoms. The van der Waals surface area contributed by atoms with Crippen LogP contribution in [-0.4, -0.2) is 10.3 Å². The molecule has 0 aliphatic carbocycles. The first-order chi connectivity index (χ1) is 9.31. The van der Waals surface area contributed by atoms with Crippen molar-refractivity contribution in [2.45, 2.75) is 10.6 Å². The van der Waals surface area contributed by atoms with Crippen molar-refractivity contribution < 1.29 is 9.63 Å². The highest BCUT2D eigenvalue weighted by Crippen LogP contribution is 2.29. The Morgan fingerprint density at radius 1 is 1.21 bits per heavy atom. The summed E-state index contributed by atoms with van der Waals surface area (Å²) < 4.78 is 5.32. The number of hydrogen-bond donors (Lipinski definition) is 1. The molecule has 0 unspecified atom stereocenters. The van der Waals surface area contributed by atoms with Crippen molar-refractivity contribution >= 4 is 23.1 Å². The second-order valence-corrected chi connectivity index (χ2v) is 5.94. The van der Waals surface area contributed by atoms with Gasteiger partial charge in [0.2, 0.25) is 0 Å². The van der Waals surface area contributed by atoms with E-state index in [1.165, 1.54) is 0 Å². The second kappa shape index (κ2) is 5.50. The Bertz CT molecular complexity index is 662. The molecule has 3 aromatic rings. The summed E-state index contributed by atoms with van der Waals surface area (Å²) in [6.45, 7) is 0. The van der Waals surface area contributed by atoms with Crippen molar-refractivity contribution in [1.82, 2.24) is 5.16 Å². The van der Waals surface area contributed by atoms with Crippen molar-refractivity contribution in [3.8, 4) is 16.4 Å². The fourth-order valence-electron chi connectivity index (χ4n) is 1.65. The van der Waals surface area contributed by atoms with E-state index in [0.29, 0.717) is 0 Å². The van der Waals surface area contributed by atoms with Crippen LogP contribution in [0.2, 0.25) is 0 Å². The highest BCUT2D eigenvalue weighted by molar-refractivity contribution is 7.98. The number of phenolic OH excluding ortho intramolecular Hbond substituents is 1. The van der Waals surface area contributed by atoms with Gasteiger partial charge in [-0.15, -0.1) is 23.1 Å². The van der Waals surface area contributed by atoms with Crippen molar-refractivity contribution in [3.63, 3.8) is 0 Å². The van der Waals surface area contributed by atoms with Gasteiger partial charge in [0.25, 0.3) is 0 Å². The number of phenols is 1. The highest BCUT2D eigenvalue weighted by Gasteiger charge is 2.08. The number of nitrogens with zero attached hydrogens (tertiary/aromatic N) is 1. The van der Waals surface area contributed by atoms with E-state index < -0.39 is 0 Å². The molecule has 0 fully saturated rings. The molecule has 0 saturated heterocycles. The Morgan fingerprint density at radius 2 is 2.16 bits per heavy atom. The first kappa shape index (κ1) is 12.3. The van der Waals surface area contributed by atoms with Gasteiger partial charge in [-0.2, -0.15) is 0 Å². The van der Waals surface area contributed by atoms with Crippen LogP contribution in [0.25, 0.3) is 10.6 Å². The number of aromatic hydroxyl groups is 1. The average molecular weight is 289 g/mol. The van der Waals surface area contributed by atoms with Crippen LogP contribution in [0.4, 0.5) is 0 Å². The minimum absolute atomic E-state index is 0.282. The molecule has 1 N–H and O–H groups in total. The molecule has 3 rings (SSSR count). The molecule has 0 saturated carbocycles. The molecule has 96 valence electrons. The number of thioether (sulfide) groups is 1. The SMILES string of the molecule is Oc1cccc(SCc2cc(-c3cccs3)on2)c1. The van der Waals surface area contributed by atoms with E-state index in [1.54, 1.807) is 35.2 Å². The number of rotatable bonds is 4. The van der Waals surface area contributed by atoms with Crippen molar-refractivity contribution in [2.24, 2.45) is 0 Å². The lowest BCUT2D eigenvalue weighted by Gasteiger charge is -1.98. The minimum atomic E-state index is 0.282. The van der Waals surface area contributed by atoms with Gasteiger partial charge in [-0.1, -0.05) is 17.3 Å². The van der Waals surface area contributed by atoms with E-state index in [4.69, 9.17) is 4.52 Å². The van der Waals surface area contributed by atoms with Crippen LogP contribution in [0, 0.1) is 0 Å². The molecule has 2 aromatic heterocycles. The van der Waals surface area contributed by atoms with Gasteiger partial charge < -0.3 is 9.63 Å². The van der Waals surface area contributed by atoms with E-state index in [1.807, 2.05) is 35.7 Å². The van der Waals surface area contributed by atoms with Crippen LogP contribution in [0.15, 0.2) is 57.3 Å². The summed E-state index contributed by atoms with van der Waals surface area (Å²) in [7, 11) is 0. The summed E-state index contributed by atoms with van der Waals surface area (Å²) in [4.78, 5) is 2.10. The van der Waals surface area contributed by atoms with Gasteiger partial charge in [0, 0.05) is 16.7 Å². The molecular weight excluding hydrogens is 278 g/mol. The first-order valence-electron chi connectivity index (χ1n) is 5.72. The van der Waals surface area contributed by atoms with Crippen LogP contribution in [0.5, 0.6) is 5.75 Å². The summed E-state index contributed by atoms with van der Waals surface area (Å²) >= 11 is 3.25. The zero-order chi connectivity index (χ0) is 13.1. The number of benzene rings is 1. The van der Waals surface area contributed by atoms with E-state index >= 15 is 0 Å². The van der Waals surface area contributed by atoms with Crippen LogP contribution >= 0.6 is 23.1 Å². The molecule has 5 heteroatoms. The third-order valence-corrected chi connectivity index (χ3v) is 4.44. The fourth-order valence-corrected chi connectivity index (χ4v) is 3.15. The van der Waals surface area contributed by atoms with Crippen LogP contribution in [0.3, 0.4) is 0 Å². The molecule has 0 aliphatic rings. The Kier molecular flexibility index (Phi) is 3.57. The molecule has 0 bridgehead atoms. The maximum Gasteiger partial charge on any atom is 0.177 e. The molecule has 2 heterocycles. The van der Waals surface area contributed by atoms with Gasteiger partial charge in [-0.3, -0.25) is 0 Å². The normalized spacial score (nSPS) is 10.7. The maximum absolute atomic E-state index is 9.39. The average Bonchev–Trinajstić information content (AvgIpc) is 3.07. The highest BCUT2D eigenvalue weighted by atomic mass is 32.2. The Morgan fingerprint density at radius 3 is 2.95 bits per heavy atom. The van der Waals surface area contributed by atoms with Gasteiger partial charge >= 0.3 is 0 Å². The summed E-state index contributed by atoms with van der Waals surface area (Å²) in [5.41, 5.74) is 0.900. The maximum atomic E-state index is 9.39. The van der Waals surface area contributed by atoms with Crippen LogP contribution < -0.4 is 0 Å². The van der Waals surface area contributed by atoms with E-state index in [-0.39, 0.29) is 5.75 Å². The van der Waals surface area contributed by atoms with Gasteiger partial charge in [-0.25, -0.2) is 0 Å². The number of hydrogen-bond acceptors (Lipinski definition) is 5. The topological polar surface area (TPSA) is 46.3 Å². The Balaban J connectivity index is 1.68. The van der Waals surface area contributed by atoms with Crippen molar-refractivity contribution in [3.05, 3.63) is 53.5 Å². The fraction of sp³-hybridized carbons (Fsp3) is 0.0714. The Hall–Kier alpha value is -1.72. The predicted molar refractivity (Wildman–Crippen MR) is 77.5 cm³/mol. The smallest absolute Gasteiger partial charge is 0.177 e. The Labute approximate surface area is 118 Å². The summed E-state index contributed by atoms with van der Waals surface area (Å²) in [5.74, 6) is 1.81. The predicted octanol–water partition coefficient (Wildman–Crippen LogP) is 4.40. The number of aromatic nitrogens is 1. The van der Waals surface area contributed by atoms with Gasteiger partial charge in [0.15, 0.2) is 5.76 Å². The van der Waals surface area contributed by atoms with E-state index in [9.17, 15) is 5.11 Å². The summed E-state index contributed by atoms with van der Waals surface area (Å²) in [6.07, 6.45) is 0. The molecule has 19 heavy (non-hydrogen) atoms. The summed E-state index contributed by atoms with van der Waals surface area (Å²) in [6, 6.07) is 13.2. The van der Waals surface area contributed by atoms with Crippen molar-refractivity contribution in [1.29, 1.82) is 0 Å². The summed E-state index contributed by atoms with van der Waals surface area (Å²) in [5, 5.41) is 15.5. The van der Waals surface area contributed by atoms with Gasteiger partial charge in [-0.05, 0) is 29.6 Å².